The number of ether oxygens (including phenoxy) is 1. The lowest BCUT2D eigenvalue weighted by Gasteiger charge is -2.03. The molecule has 0 spiro atoms. The van der Waals surface area contributed by atoms with Gasteiger partial charge in [-0.2, -0.15) is 5.10 Å². The van der Waals surface area contributed by atoms with E-state index in [1.165, 1.54) is 12.3 Å². The van der Waals surface area contributed by atoms with Gasteiger partial charge in [-0.3, -0.25) is 14.9 Å². The van der Waals surface area contributed by atoms with Crippen LogP contribution in [0, 0.1) is 10.1 Å². The number of nitrogens with zero attached hydrogens (tertiary/aromatic N) is 2. The Morgan fingerprint density at radius 2 is 2.10 bits per heavy atom. The van der Waals surface area contributed by atoms with Crippen molar-refractivity contribution in [2.45, 2.75) is 0 Å². The van der Waals surface area contributed by atoms with Gasteiger partial charge in [-0.25, -0.2) is 5.43 Å². The number of carbonyl (C=O) groups is 1. The highest BCUT2D eigenvalue weighted by molar-refractivity contribution is 7.16. The molecule has 7 nitrogen and oxygen atoms in total. The van der Waals surface area contributed by atoms with Crippen LogP contribution in [0.25, 0.3) is 0 Å². The Morgan fingerprint density at radius 3 is 2.76 bits per heavy atom. The molecule has 0 atom stereocenters. The van der Waals surface area contributed by atoms with Crippen molar-refractivity contribution in [1.29, 1.82) is 0 Å². The molecule has 108 valence electrons. The minimum atomic E-state index is -0.478. The van der Waals surface area contributed by atoms with Crippen LogP contribution in [0.15, 0.2) is 47.6 Å². The van der Waals surface area contributed by atoms with Gasteiger partial charge in [0.2, 0.25) is 0 Å². The zero-order valence-electron chi connectivity index (χ0n) is 10.8. The Bertz CT molecular complexity index is 654. The van der Waals surface area contributed by atoms with Crippen LogP contribution in [0.4, 0.5) is 5.00 Å². The number of hydrogen-bond acceptors (Lipinski definition) is 6. The Labute approximate surface area is 124 Å². The summed E-state index contributed by atoms with van der Waals surface area (Å²) in [7, 11) is 0. The van der Waals surface area contributed by atoms with Gasteiger partial charge in [0, 0.05) is 6.07 Å². The molecule has 1 aromatic carbocycles. The summed E-state index contributed by atoms with van der Waals surface area (Å²) < 4.78 is 5.23. The van der Waals surface area contributed by atoms with Crippen molar-refractivity contribution in [2.75, 3.05) is 6.61 Å². The minimum Gasteiger partial charge on any atom is -0.484 e. The van der Waals surface area contributed by atoms with Crippen LogP contribution in [0.3, 0.4) is 0 Å². The predicted octanol–water partition coefficient (Wildman–Crippen LogP) is 2.19. The zero-order chi connectivity index (χ0) is 15.1. The standard InChI is InChI=1S/C13H11N3O4S/c17-12(9-20-10-4-2-1-3-5-10)15-14-8-11-6-7-13(21-11)16(18)19/h1-8H,9H2,(H,15,17). The Morgan fingerprint density at radius 1 is 1.33 bits per heavy atom. The zero-order valence-corrected chi connectivity index (χ0v) is 11.6. The van der Waals surface area contributed by atoms with E-state index in [2.05, 4.69) is 10.5 Å². The van der Waals surface area contributed by atoms with E-state index in [4.69, 9.17) is 4.74 Å². The number of nitro groups is 1. The first-order valence-electron chi connectivity index (χ1n) is 5.89. The van der Waals surface area contributed by atoms with E-state index in [0.29, 0.717) is 10.6 Å². The number of thiophene rings is 1. The molecule has 2 aromatic rings. The smallest absolute Gasteiger partial charge is 0.324 e. The van der Waals surface area contributed by atoms with Gasteiger partial charge in [-0.05, 0) is 18.2 Å². The van der Waals surface area contributed by atoms with E-state index in [1.54, 1.807) is 30.3 Å². The van der Waals surface area contributed by atoms with Gasteiger partial charge in [-0.1, -0.05) is 29.5 Å². The average Bonchev–Trinajstić information content (AvgIpc) is 2.95. The van der Waals surface area contributed by atoms with Gasteiger partial charge in [0.15, 0.2) is 6.61 Å². The fourth-order valence-electron chi connectivity index (χ4n) is 1.38. The summed E-state index contributed by atoms with van der Waals surface area (Å²) in [6, 6.07) is 11.9. The van der Waals surface area contributed by atoms with Gasteiger partial charge in [-0.15, -0.1) is 0 Å². The quantitative estimate of drug-likeness (QED) is 0.503. The van der Waals surface area contributed by atoms with Gasteiger partial charge < -0.3 is 4.74 Å². The van der Waals surface area contributed by atoms with Gasteiger partial charge in [0.05, 0.1) is 16.0 Å². The maximum Gasteiger partial charge on any atom is 0.324 e. The summed E-state index contributed by atoms with van der Waals surface area (Å²) >= 11 is 0.972. The molecule has 0 saturated heterocycles. The lowest BCUT2D eigenvalue weighted by molar-refractivity contribution is -0.380. The number of nitrogens with one attached hydrogen (secondary N) is 1. The number of para-hydroxylation sites is 1. The molecule has 1 N–H and O–H groups in total. The lowest BCUT2D eigenvalue weighted by atomic mass is 10.3. The molecular formula is C13H11N3O4S. The largest absolute Gasteiger partial charge is 0.484 e. The summed E-state index contributed by atoms with van der Waals surface area (Å²) in [5.74, 6) is 0.173. The van der Waals surface area contributed by atoms with E-state index in [0.717, 1.165) is 11.3 Å². The first-order valence-corrected chi connectivity index (χ1v) is 6.71. The Kier molecular flexibility index (Phi) is 4.99. The van der Waals surface area contributed by atoms with Gasteiger partial charge in [0.1, 0.15) is 5.75 Å². The molecule has 0 bridgehead atoms. The van der Waals surface area contributed by atoms with Crippen LogP contribution in [0.1, 0.15) is 4.88 Å². The summed E-state index contributed by atoms with van der Waals surface area (Å²) in [4.78, 5) is 22.1. The SMILES string of the molecule is O=C(COc1ccccc1)NN=Cc1ccc([N+](=O)[O-])s1. The van der Waals surface area contributed by atoms with Crippen molar-refractivity contribution in [3.63, 3.8) is 0 Å². The average molecular weight is 305 g/mol. The first-order chi connectivity index (χ1) is 10.1. The third-order valence-electron chi connectivity index (χ3n) is 2.29. The molecule has 0 radical (unpaired) electrons. The normalized spacial score (nSPS) is 10.5. The highest BCUT2D eigenvalue weighted by Crippen LogP contribution is 2.22. The maximum atomic E-state index is 11.5. The van der Waals surface area contributed by atoms with Crippen LogP contribution in [0.5, 0.6) is 5.75 Å². The first kappa shape index (κ1) is 14.7. The van der Waals surface area contributed by atoms with Crippen molar-refractivity contribution in [2.24, 2.45) is 5.10 Å². The number of rotatable bonds is 6. The highest BCUT2D eigenvalue weighted by atomic mass is 32.1. The van der Waals surface area contributed by atoms with Crippen molar-refractivity contribution < 1.29 is 14.5 Å². The van der Waals surface area contributed by atoms with Crippen molar-refractivity contribution in [3.05, 3.63) is 57.5 Å². The molecule has 2 rings (SSSR count). The maximum absolute atomic E-state index is 11.5. The van der Waals surface area contributed by atoms with E-state index >= 15 is 0 Å². The molecule has 0 unspecified atom stereocenters. The number of hydrogen-bond donors (Lipinski definition) is 1. The Balaban J connectivity index is 1.77. The lowest BCUT2D eigenvalue weighted by Crippen LogP contribution is -2.24. The van der Waals surface area contributed by atoms with Crippen LogP contribution < -0.4 is 10.2 Å². The van der Waals surface area contributed by atoms with E-state index in [-0.39, 0.29) is 11.6 Å². The monoisotopic (exact) mass is 305 g/mol. The molecule has 0 fully saturated rings. The van der Waals surface area contributed by atoms with Crippen molar-refractivity contribution >= 4 is 28.5 Å². The van der Waals surface area contributed by atoms with Gasteiger partial charge in [0.25, 0.3) is 5.91 Å². The molecule has 0 aliphatic heterocycles. The summed E-state index contributed by atoms with van der Waals surface area (Å²) in [6.07, 6.45) is 1.35. The number of benzene rings is 1. The second kappa shape index (κ2) is 7.15. The number of carbonyl (C=O) groups excluding carboxylic acids is 1. The minimum absolute atomic E-state index is 0.0233. The van der Waals surface area contributed by atoms with Crippen LogP contribution in [-0.2, 0) is 4.79 Å². The number of amides is 1. The Hall–Kier alpha value is -2.74. The molecule has 1 amide bonds. The van der Waals surface area contributed by atoms with E-state index in [1.807, 2.05) is 6.07 Å². The predicted molar refractivity (Wildman–Crippen MR) is 78.6 cm³/mol. The fraction of sp³-hybridized carbons (Fsp3) is 0.0769. The summed E-state index contributed by atoms with van der Waals surface area (Å²) in [5, 5.41) is 14.2. The van der Waals surface area contributed by atoms with Crippen molar-refractivity contribution in [3.8, 4) is 5.75 Å². The third kappa shape index (κ3) is 4.69. The summed E-state index contributed by atoms with van der Waals surface area (Å²) in [5.41, 5.74) is 2.28. The molecule has 1 heterocycles. The third-order valence-corrected chi connectivity index (χ3v) is 3.26. The van der Waals surface area contributed by atoms with Crippen molar-refractivity contribution in [1.82, 2.24) is 5.43 Å². The van der Waals surface area contributed by atoms with Gasteiger partial charge >= 0.3 is 5.00 Å². The van der Waals surface area contributed by atoms with Crippen LogP contribution >= 0.6 is 11.3 Å². The molecule has 21 heavy (non-hydrogen) atoms. The second-order valence-electron chi connectivity index (χ2n) is 3.83. The molecule has 8 heteroatoms. The number of hydrazone groups is 1. The van der Waals surface area contributed by atoms with Crippen LogP contribution in [0.2, 0.25) is 0 Å². The molecule has 0 saturated carbocycles. The second-order valence-corrected chi connectivity index (χ2v) is 4.92. The highest BCUT2D eigenvalue weighted by Gasteiger charge is 2.08. The summed E-state index contributed by atoms with van der Waals surface area (Å²) in [6.45, 7) is -0.161. The molecule has 0 aliphatic rings. The van der Waals surface area contributed by atoms with Crippen LogP contribution in [-0.4, -0.2) is 23.7 Å². The fourth-order valence-corrected chi connectivity index (χ4v) is 2.07. The molecular weight excluding hydrogens is 294 g/mol. The molecule has 0 aliphatic carbocycles. The topological polar surface area (TPSA) is 93.8 Å². The van der Waals surface area contributed by atoms with E-state index in [9.17, 15) is 14.9 Å². The molecule has 1 aromatic heterocycles. The van der Waals surface area contributed by atoms with E-state index < -0.39 is 10.8 Å².